The minimum Gasteiger partial charge on any atom is -0.444 e. The summed E-state index contributed by atoms with van der Waals surface area (Å²) >= 11 is 0. The second kappa shape index (κ2) is 10.6. The van der Waals surface area contributed by atoms with Crippen LogP contribution in [0.1, 0.15) is 45.2 Å². The summed E-state index contributed by atoms with van der Waals surface area (Å²) < 4.78 is 5.58. The summed E-state index contributed by atoms with van der Waals surface area (Å²) in [6.07, 6.45) is 5.21. The number of oxazole rings is 1. The summed E-state index contributed by atoms with van der Waals surface area (Å²) in [5.41, 5.74) is 1.74. The molecule has 1 aliphatic heterocycles. The highest BCUT2D eigenvalue weighted by Gasteiger charge is 2.26. The predicted octanol–water partition coefficient (Wildman–Crippen LogP) is 3.19. The normalized spacial score (nSPS) is 15.6. The van der Waals surface area contributed by atoms with Gasteiger partial charge in [-0.05, 0) is 38.3 Å². The van der Waals surface area contributed by atoms with Crippen molar-refractivity contribution in [1.29, 1.82) is 0 Å². The maximum absolute atomic E-state index is 12.0. The Labute approximate surface area is 172 Å². The second-order valence-corrected chi connectivity index (χ2v) is 7.17. The van der Waals surface area contributed by atoms with E-state index in [4.69, 9.17) is 4.42 Å². The minimum absolute atomic E-state index is 0.290. The summed E-state index contributed by atoms with van der Waals surface area (Å²) in [6.45, 7) is 7.06. The number of carbonyl (C=O) groups is 1. The topological polar surface area (TPSA) is 82.8 Å². The number of aliphatic imine (C=N–C) groups is 1. The molecule has 1 aliphatic rings. The Morgan fingerprint density at radius 2 is 2.10 bits per heavy atom. The van der Waals surface area contributed by atoms with E-state index in [0.29, 0.717) is 24.9 Å². The van der Waals surface area contributed by atoms with Crippen molar-refractivity contribution in [1.82, 2.24) is 20.5 Å². The molecule has 1 amide bonds. The molecule has 1 saturated heterocycles. The summed E-state index contributed by atoms with van der Waals surface area (Å²) in [4.78, 5) is 23.2. The lowest BCUT2D eigenvalue weighted by molar-refractivity contribution is -0.129. The molecule has 2 heterocycles. The van der Waals surface area contributed by atoms with Crippen LogP contribution in [0.5, 0.6) is 0 Å². The van der Waals surface area contributed by atoms with E-state index in [0.717, 1.165) is 56.1 Å². The van der Waals surface area contributed by atoms with Crippen LogP contribution in [0.2, 0.25) is 0 Å². The quantitative estimate of drug-likeness (QED) is 0.502. The third-order valence-electron chi connectivity index (χ3n) is 5.11. The summed E-state index contributed by atoms with van der Waals surface area (Å²) in [6, 6.07) is 10.1. The van der Waals surface area contributed by atoms with Crippen LogP contribution in [0.15, 0.2) is 46.0 Å². The molecule has 1 fully saturated rings. The van der Waals surface area contributed by atoms with Gasteiger partial charge in [0.2, 0.25) is 11.8 Å². The molecule has 2 N–H and O–H groups in total. The SMILES string of the molecule is CCNC(=NCc1coc(-c2ccccc2)n1)NCCC(CC)N1CCCC1=O. The van der Waals surface area contributed by atoms with E-state index in [1.165, 1.54) is 0 Å². The Bertz CT molecular complexity index is 803. The monoisotopic (exact) mass is 397 g/mol. The third kappa shape index (κ3) is 5.82. The molecule has 156 valence electrons. The number of guanidine groups is 1. The molecular weight excluding hydrogens is 366 g/mol. The standard InChI is InChI=1S/C22H31N5O2/c1-3-19(27-14-8-11-20(27)28)12-13-24-22(23-4-2)25-15-18-16-29-21(26-18)17-9-6-5-7-10-17/h5-7,9-10,16,19H,3-4,8,11-15H2,1-2H3,(H2,23,24,25). The van der Waals surface area contributed by atoms with E-state index in [9.17, 15) is 4.79 Å². The van der Waals surface area contributed by atoms with E-state index >= 15 is 0 Å². The number of carbonyl (C=O) groups excluding carboxylic acids is 1. The Morgan fingerprint density at radius 1 is 1.28 bits per heavy atom. The summed E-state index contributed by atoms with van der Waals surface area (Å²) in [7, 11) is 0. The van der Waals surface area contributed by atoms with Gasteiger partial charge in [0, 0.05) is 37.7 Å². The molecule has 3 rings (SSSR count). The first-order valence-electron chi connectivity index (χ1n) is 10.5. The van der Waals surface area contributed by atoms with Crippen molar-refractivity contribution >= 4 is 11.9 Å². The average Bonchev–Trinajstić information content (AvgIpc) is 3.39. The predicted molar refractivity (Wildman–Crippen MR) is 114 cm³/mol. The molecule has 2 aromatic rings. The van der Waals surface area contributed by atoms with Crippen molar-refractivity contribution < 1.29 is 9.21 Å². The average molecular weight is 398 g/mol. The fraction of sp³-hybridized carbons (Fsp3) is 0.500. The highest BCUT2D eigenvalue weighted by Crippen LogP contribution is 2.19. The molecule has 0 aliphatic carbocycles. The highest BCUT2D eigenvalue weighted by molar-refractivity contribution is 5.80. The molecule has 0 radical (unpaired) electrons. The number of hydrogen-bond donors (Lipinski definition) is 2. The number of nitrogens with one attached hydrogen (secondary N) is 2. The number of nitrogens with zero attached hydrogens (tertiary/aromatic N) is 3. The lowest BCUT2D eigenvalue weighted by Crippen LogP contribution is -2.42. The van der Waals surface area contributed by atoms with E-state index < -0.39 is 0 Å². The van der Waals surface area contributed by atoms with Gasteiger partial charge >= 0.3 is 0 Å². The van der Waals surface area contributed by atoms with Gasteiger partial charge in [0.25, 0.3) is 0 Å². The number of amides is 1. The number of aromatic nitrogens is 1. The van der Waals surface area contributed by atoms with Crippen LogP contribution in [-0.4, -0.2) is 47.4 Å². The lowest BCUT2D eigenvalue weighted by Gasteiger charge is -2.27. The zero-order valence-corrected chi connectivity index (χ0v) is 17.4. The molecule has 1 unspecified atom stereocenters. The van der Waals surface area contributed by atoms with Crippen LogP contribution in [-0.2, 0) is 11.3 Å². The molecule has 7 heteroatoms. The first kappa shape index (κ1) is 20.9. The van der Waals surface area contributed by atoms with Crippen LogP contribution in [0, 0.1) is 0 Å². The number of rotatable bonds is 9. The van der Waals surface area contributed by atoms with Crippen LogP contribution in [0.4, 0.5) is 0 Å². The zero-order valence-electron chi connectivity index (χ0n) is 17.4. The van der Waals surface area contributed by atoms with E-state index in [1.807, 2.05) is 42.2 Å². The van der Waals surface area contributed by atoms with Gasteiger partial charge in [0.05, 0.1) is 6.54 Å². The first-order chi connectivity index (χ1) is 14.2. The highest BCUT2D eigenvalue weighted by atomic mass is 16.3. The Balaban J connectivity index is 1.53. The molecule has 7 nitrogen and oxygen atoms in total. The number of hydrogen-bond acceptors (Lipinski definition) is 4. The fourth-order valence-corrected chi connectivity index (χ4v) is 3.59. The molecule has 0 saturated carbocycles. The van der Waals surface area contributed by atoms with Gasteiger partial charge in [-0.2, -0.15) is 0 Å². The van der Waals surface area contributed by atoms with Crippen LogP contribution < -0.4 is 10.6 Å². The third-order valence-corrected chi connectivity index (χ3v) is 5.11. The first-order valence-corrected chi connectivity index (χ1v) is 10.5. The number of benzene rings is 1. The second-order valence-electron chi connectivity index (χ2n) is 7.17. The molecule has 0 spiro atoms. The molecule has 0 bridgehead atoms. The van der Waals surface area contributed by atoms with Crippen LogP contribution in [0.25, 0.3) is 11.5 Å². The van der Waals surface area contributed by atoms with Crippen LogP contribution in [0.3, 0.4) is 0 Å². The van der Waals surface area contributed by atoms with Crippen molar-refractivity contribution in [3.8, 4) is 11.5 Å². The van der Waals surface area contributed by atoms with E-state index in [-0.39, 0.29) is 5.91 Å². The van der Waals surface area contributed by atoms with Crippen molar-refractivity contribution in [2.24, 2.45) is 4.99 Å². The summed E-state index contributed by atoms with van der Waals surface area (Å²) in [5.74, 6) is 1.65. The minimum atomic E-state index is 0.290. The van der Waals surface area contributed by atoms with Gasteiger partial charge in [-0.3, -0.25) is 4.79 Å². The van der Waals surface area contributed by atoms with Crippen molar-refractivity contribution in [2.45, 2.75) is 52.1 Å². The Hall–Kier alpha value is -2.83. The van der Waals surface area contributed by atoms with Gasteiger partial charge < -0.3 is 20.0 Å². The van der Waals surface area contributed by atoms with Crippen molar-refractivity contribution in [2.75, 3.05) is 19.6 Å². The number of likely N-dealkylation sites (tertiary alicyclic amines) is 1. The van der Waals surface area contributed by atoms with Crippen LogP contribution >= 0.6 is 0 Å². The molecular formula is C22H31N5O2. The maximum atomic E-state index is 12.0. The zero-order chi connectivity index (χ0) is 20.5. The lowest BCUT2D eigenvalue weighted by atomic mass is 10.1. The van der Waals surface area contributed by atoms with E-state index in [2.05, 4.69) is 27.5 Å². The molecule has 1 aromatic heterocycles. The molecule has 1 aromatic carbocycles. The largest absolute Gasteiger partial charge is 0.444 e. The molecule has 1 atom stereocenters. The smallest absolute Gasteiger partial charge is 0.226 e. The Morgan fingerprint density at radius 3 is 2.79 bits per heavy atom. The van der Waals surface area contributed by atoms with Gasteiger partial charge in [0.15, 0.2) is 5.96 Å². The maximum Gasteiger partial charge on any atom is 0.226 e. The van der Waals surface area contributed by atoms with Gasteiger partial charge in [-0.15, -0.1) is 0 Å². The summed E-state index contributed by atoms with van der Waals surface area (Å²) in [5, 5.41) is 6.64. The van der Waals surface area contributed by atoms with Gasteiger partial charge in [0.1, 0.15) is 12.0 Å². The molecule has 29 heavy (non-hydrogen) atoms. The fourth-order valence-electron chi connectivity index (χ4n) is 3.59. The van der Waals surface area contributed by atoms with Gasteiger partial charge in [-0.25, -0.2) is 9.98 Å². The Kier molecular flexibility index (Phi) is 7.67. The van der Waals surface area contributed by atoms with E-state index in [1.54, 1.807) is 6.26 Å². The van der Waals surface area contributed by atoms with Crippen molar-refractivity contribution in [3.05, 3.63) is 42.3 Å². The van der Waals surface area contributed by atoms with Gasteiger partial charge in [-0.1, -0.05) is 25.1 Å². The van der Waals surface area contributed by atoms with Crippen molar-refractivity contribution in [3.63, 3.8) is 0 Å².